The quantitative estimate of drug-likeness (QED) is 0.873. The van der Waals surface area contributed by atoms with Gasteiger partial charge in [-0.2, -0.15) is 0 Å². The van der Waals surface area contributed by atoms with E-state index in [0.29, 0.717) is 12.1 Å². The van der Waals surface area contributed by atoms with E-state index in [9.17, 15) is 17.6 Å². The number of nitrogens with one attached hydrogen (secondary N) is 1. The molecule has 1 aromatic rings. The van der Waals surface area contributed by atoms with Gasteiger partial charge in [-0.1, -0.05) is 6.92 Å². The number of carbonyl (C=O) groups is 1. The van der Waals surface area contributed by atoms with E-state index in [1.165, 1.54) is 24.3 Å². The van der Waals surface area contributed by atoms with Crippen molar-refractivity contribution in [1.29, 1.82) is 0 Å². The Morgan fingerprint density at radius 1 is 1.29 bits per heavy atom. The zero-order valence-corrected chi connectivity index (χ0v) is 10.3. The van der Waals surface area contributed by atoms with Crippen LogP contribution in [0.4, 0.5) is 10.1 Å². The minimum Gasteiger partial charge on any atom is -0.325 e. The molecule has 0 spiro atoms. The molecular weight excluding hydrogens is 245 g/mol. The van der Waals surface area contributed by atoms with E-state index < -0.39 is 27.3 Å². The molecule has 1 amide bonds. The van der Waals surface area contributed by atoms with Crippen molar-refractivity contribution in [3.63, 3.8) is 0 Å². The Morgan fingerprint density at radius 3 is 2.41 bits per heavy atom. The number of hydrogen-bond donors (Lipinski definition) is 1. The van der Waals surface area contributed by atoms with Crippen molar-refractivity contribution in [3.05, 3.63) is 30.1 Å². The molecule has 0 fully saturated rings. The Balaban J connectivity index is 2.59. The predicted molar refractivity (Wildman–Crippen MR) is 64.0 cm³/mol. The van der Waals surface area contributed by atoms with E-state index in [-0.39, 0.29) is 5.75 Å². The molecule has 0 saturated carbocycles. The van der Waals surface area contributed by atoms with Crippen LogP contribution in [0.1, 0.15) is 13.3 Å². The summed E-state index contributed by atoms with van der Waals surface area (Å²) in [5.74, 6) is -1.58. The van der Waals surface area contributed by atoms with Gasteiger partial charge in [0.15, 0.2) is 9.84 Å². The summed E-state index contributed by atoms with van der Waals surface area (Å²) in [7, 11) is -3.35. The molecule has 0 aliphatic rings. The number of hydrogen-bond acceptors (Lipinski definition) is 3. The molecule has 1 aromatic carbocycles. The van der Waals surface area contributed by atoms with Gasteiger partial charge in [0.05, 0.1) is 5.75 Å². The van der Waals surface area contributed by atoms with Gasteiger partial charge in [0, 0.05) is 5.69 Å². The lowest BCUT2D eigenvalue weighted by Crippen LogP contribution is -2.24. The topological polar surface area (TPSA) is 63.2 Å². The molecule has 1 N–H and O–H groups in total. The van der Waals surface area contributed by atoms with Crippen LogP contribution in [-0.4, -0.2) is 25.8 Å². The van der Waals surface area contributed by atoms with E-state index >= 15 is 0 Å². The normalized spacial score (nSPS) is 11.2. The van der Waals surface area contributed by atoms with Crippen LogP contribution in [0.3, 0.4) is 0 Å². The first-order valence-electron chi connectivity index (χ1n) is 5.19. The van der Waals surface area contributed by atoms with Crippen LogP contribution in [0.15, 0.2) is 24.3 Å². The van der Waals surface area contributed by atoms with Crippen LogP contribution < -0.4 is 5.32 Å². The summed E-state index contributed by atoms with van der Waals surface area (Å²) in [5.41, 5.74) is 0.378. The van der Waals surface area contributed by atoms with Gasteiger partial charge in [0.2, 0.25) is 5.91 Å². The van der Waals surface area contributed by atoms with Crippen molar-refractivity contribution in [3.8, 4) is 0 Å². The largest absolute Gasteiger partial charge is 0.325 e. The predicted octanol–water partition coefficient (Wildman–Crippen LogP) is 1.59. The Labute approximate surface area is 99.8 Å². The maximum atomic E-state index is 12.6. The lowest BCUT2D eigenvalue weighted by Gasteiger charge is -2.05. The number of carbonyl (C=O) groups excluding carboxylic acids is 1. The van der Waals surface area contributed by atoms with Gasteiger partial charge in [0.1, 0.15) is 11.6 Å². The van der Waals surface area contributed by atoms with E-state index in [1.807, 2.05) is 0 Å². The van der Waals surface area contributed by atoms with Crippen molar-refractivity contribution in [2.45, 2.75) is 13.3 Å². The first-order chi connectivity index (χ1) is 7.93. The molecular formula is C11H14FNO3S. The molecule has 0 aliphatic carbocycles. The molecule has 0 unspecified atom stereocenters. The van der Waals surface area contributed by atoms with E-state index in [4.69, 9.17) is 0 Å². The fourth-order valence-corrected chi connectivity index (χ4v) is 2.55. The lowest BCUT2D eigenvalue weighted by atomic mass is 10.3. The number of anilines is 1. The molecule has 4 nitrogen and oxygen atoms in total. The second-order valence-electron chi connectivity index (χ2n) is 3.65. The Kier molecular flexibility index (Phi) is 4.62. The Bertz CT molecular complexity index is 482. The van der Waals surface area contributed by atoms with E-state index in [0.717, 1.165) is 0 Å². The van der Waals surface area contributed by atoms with E-state index in [1.54, 1.807) is 6.92 Å². The van der Waals surface area contributed by atoms with Gasteiger partial charge < -0.3 is 5.32 Å². The summed E-state index contributed by atoms with van der Waals surface area (Å²) < 4.78 is 35.3. The molecule has 0 aliphatic heterocycles. The monoisotopic (exact) mass is 259 g/mol. The minimum absolute atomic E-state index is 0.0101. The van der Waals surface area contributed by atoms with Crippen LogP contribution in [0.5, 0.6) is 0 Å². The fourth-order valence-electron chi connectivity index (χ4n) is 1.31. The average Bonchev–Trinajstić information content (AvgIpc) is 2.20. The van der Waals surface area contributed by atoms with Gasteiger partial charge in [-0.05, 0) is 30.7 Å². The summed E-state index contributed by atoms with van der Waals surface area (Å²) >= 11 is 0. The molecule has 0 heterocycles. The summed E-state index contributed by atoms with van der Waals surface area (Å²) in [6.45, 7) is 1.73. The van der Waals surface area contributed by atoms with Crippen LogP contribution in [0.25, 0.3) is 0 Å². The molecule has 94 valence electrons. The maximum absolute atomic E-state index is 12.6. The number of amides is 1. The first kappa shape index (κ1) is 13.6. The van der Waals surface area contributed by atoms with Crippen molar-refractivity contribution in [2.75, 3.05) is 16.8 Å². The van der Waals surface area contributed by atoms with Gasteiger partial charge >= 0.3 is 0 Å². The SMILES string of the molecule is CCCS(=O)(=O)CC(=O)Nc1ccc(F)cc1. The van der Waals surface area contributed by atoms with Crippen LogP contribution >= 0.6 is 0 Å². The van der Waals surface area contributed by atoms with Gasteiger partial charge in [-0.3, -0.25) is 4.79 Å². The zero-order chi connectivity index (χ0) is 12.9. The van der Waals surface area contributed by atoms with Crippen molar-refractivity contribution in [2.24, 2.45) is 0 Å². The van der Waals surface area contributed by atoms with Crippen molar-refractivity contribution >= 4 is 21.4 Å². The second-order valence-corrected chi connectivity index (χ2v) is 5.83. The smallest absolute Gasteiger partial charge is 0.239 e. The highest BCUT2D eigenvalue weighted by Crippen LogP contribution is 2.08. The van der Waals surface area contributed by atoms with Gasteiger partial charge in [-0.15, -0.1) is 0 Å². The van der Waals surface area contributed by atoms with Gasteiger partial charge in [0.25, 0.3) is 0 Å². The summed E-state index contributed by atoms with van der Waals surface area (Å²) in [6, 6.07) is 5.13. The van der Waals surface area contributed by atoms with E-state index in [2.05, 4.69) is 5.32 Å². The highest BCUT2D eigenvalue weighted by Gasteiger charge is 2.15. The Morgan fingerprint density at radius 2 is 1.88 bits per heavy atom. The maximum Gasteiger partial charge on any atom is 0.239 e. The molecule has 0 saturated heterocycles. The molecule has 0 bridgehead atoms. The molecule has 0 radical (unpaired) electrons. The second kappa shape index (κ2) is 5.77. The first-order valence-corrected chi connectivity index (χ1v) is 7.01. The van der Waals surface area contributed by atoms with Crippen LogP contribution in [0, 0.1) is 5.82 Å². The van der Waals surface area contributed by atoms with Crippen molar-refractivity contribution < 1.29 is 17.6 Å². The number of rotatable bonds is 5. The number of sulfone groups is 1. The fraction of sp³-hybridized carbons (Fsp3) is 0.364. The molecule has 6 heteroatoms. The molecule has 17 heavy (non-hydrogen) atoms. The summed E-state index contributed by atoms with van der Waals surface area (Å²) in [6.07, 6.45) is 0.478. The summed E-state index contributed by atoms with van der Waals surface area (Å²) in [4.78, 5) is 11.4. The molecule has 0 atom stereocenters. The zero-order valence-electron chi connectivity index (χ0n) is 9.44. The Hall–Kier alpha value is -1.43. The molecule has 1 rings (SSSR count). The average molecular weight is 259 g/mol. The standard InChI is InChI=1S/C11H14FNO3S/c1-2-7-17(15,16)8-11(14)13-10-5-3-9(12)4-6-10/h3-6H,2,7-8H2,1H3,(H,13,14). The summed E-state index contributed by atoms with van der Waals surface area (Å²) in [5, 5.41) is 2.40. The lowest BCUT2D eigenvalue weighted by molar-refractivity contribution is -0.113. The third-order valence-electron chi connectivity index (χ3n) is 1.99. The third-order valence-corrected chi connectivity index (χ3v) is 3.73. The highest BCUT2D eigenvalue weighted by molar-refractivity contribution is 7.92. The van der Waals surface area contributed by atoms with Crippen molar-refractivity contribution in [1.82, 2.24) is 0 Å². The van der Waals surface area contributed by atoms with Gasteiger partial charge in [-0.25, -0.2) is 12.8 Å². The third kappa shape index (κ3) is 4.95. The molecule has 0 aromatic heterocycles. The van der Waals surface area contributed by atoms with Crippen LogP contribution in [0.2, 0.25) is 0 Å². The minimum atomic E-state index is -3.35. The number of benzene rings is 1. The number of halogens is 1. The van der Waals surface area contributed by atoms with Crippen LogP contribution in [-0.2, 0) is 14.6 Å². The highest BCUT2D eigenvalue weighted by atomic mass is 32.2.